The minimum absolute atomic E-state index is 0.0937. The highest BCUT2D eigenvalue weighted by molar-refractivity contribution is 6.31. The maximum Gasteiger partial charge on any atom is 0.412 e. The number of nitrogens with one attached hydrogen (secondary N) is 1. The zero-order chi connectivity index (χ0) is 25.7. The Kier molecular flexibility index (Phi) is 8.10. The second-order valence-electron chi connectivity index (χ2n) is 8.70. The Morgan fingerprint density at radius 1 is 1.19 bits per heavy atom. The lowest BCUT2D eigenvalue weighted by Gasteiger charge is -2.21. The molecule has 1 amide bonds. The third-order valence-electron chi connectivity index (χ3n) is 6.24. The summed E-state index contributed by atoms with van der Waals surface area (Å²) < 4.78 is 16.3. The Hall–Kier alpha value is -3.58. The van der Waals surface area contributed by atoms with Gasteiger partial charge in [-0.2, -0.15) is 0 Å². The van der Waals surface area contributed by atoms with Gasteiger partial charge >= 0.3 is 12.1 Å². The van der Waals surface area contributed by atoms with E-state index in [1.807, 2.05) is 49.4 Å². The predicted octanol–water partition coefficient (Wildman–Crippen LogP) is 7.36. The number of carbonyl (C=O) groups excluding carboxylic acids is 2. The fourth-order valence-electron chi connectivity index (χ4n) is 4.31. The van der Waals surface area contributed by atoms with Crippen LogP contribution in [0, 0.1) is 12.8 Å². The van der Waals surface area contributed by atoms with Crippen molar-refractivity contribution in [1.82, 2.24) is 5.16 Å². The molecule has 3 aromatic rings. The number of aryl methyl sites for hydroxylation is 1. The van der Waals surface area contributed by atoms with Crippen molar-refractivity contribution in [2.24, 2.45) is 5.92 Å². The predicted molar refractivity (Wildman–Crippen MR) is 139 cm³/mol. The molecule has 1 heterocycles. The average Bonchev–Trinajstić information content (AvgIpc) is 3.24. The first-order chi connectivity index (χ1) is 17.4. The second-order valence-corrected chi connectivity index (χ2v) is 9.11. The summed E-state index contributed by atoms with van der Waals surface area (Å²) in [7, 11) is 0. The van der Waals surface area contributed by atoms with E-state index in [2.05, 4.69) is 16.5 Å². The number of ether oxygens (including phenoxy) is 2. The molecule has 1 aromatic heterocycles. The summed E-state index contributed by atoms with van der Waals surface area (Å²) >= 11 is 6.23. The van der Waals surface area contributed by atoms with Gasteiger partial charge in [-0.1, -0.05) is 59.2 Å². The van der Waals surface area contributed by atoms with Crippen molar-refractivity contribution < 1.29 is 23.6 Å². The summed E-state index contributed by atoms with van der Waals surface area (Å²) in [6.07, 6.45) is 3.11. The summed E-state index contributed by atoms with van der Waals surface area (Å²) in [6.45, 7) is 5.73. The van der Waals surface area contributed by atoms with Crippen LogP contribution in [0.2, 0.25) is 5.02 Å². The van der Waals surface area contributed by atoms with Crippen molar-refractivity contribution in [2.45, 2.75) is 46.1 Å². The summed E-state index contributed by atoms with van der Waals surface area (Å²) in [6, 6.07) is 15.1. The van der Waals surface area contributed by atoms with E-state index in [1.54, 1.807) is 19.9 Å². The van der Waals surface area contributed by atoms with Crippen molar-refractivity contribution in [2.75, 3.05) is 11.9 Å². The average molecular weight is 509 g/mol. The van der Waals surface area contributed by atoms with Gasteiger partial charge in [0.25, 0.3) is 0 Å². The quantitative estimate of drug-likeness (QED) is 0.335. The number of esters is 1. The molecule has 0 saturated carbocycles. The topological polar surface area (TPSA) is 90.7 Å². The van der Waals surface area contributed by atoms with Crippen LogP contribution in [0.15, 0.2) is 59.1 Å². The molecule has 36 heavy (non-hydrogen) atoms. The van der Waals surface area contributed by atoms with E-state index in [1.165, 1.54) is 0 Å². The van der Waals surface area contributed by atoms with Crippen molar-refractivity contribution in [1.29, 1.82) is 0 Å². The van der Waals surface area contributed by atoms with E-state index in [-0.39, 0.29) is 11.9 Å². The Labute approximate surface area is 215 Å². The van der Waals surface area contributed by atoms with Gasteiger partial charge in [0.2, 0.25) is 0 Å². The molecule has 1 aliphatic carbocycles. The maximum atomic E-state index is 12.7. The molecule has 0 saturated heterocycles. The Morgan fingerprint density at radius 2 is 1.97 bits per heavy atom. The first-order valence-electron chi connectivity index (χ1n) is 12.0. The molecule has 1 N–H and O–H groups in total. The number of rotatable bonds is 7. The smallest absolute Gasteiger partial charge is 0.412 e. The number of hydrogen-bond donors (Lipinski definition) is 1. The van der Waals surface area contributed by atoms with Gasteiger partial charge in [-0.05, 0) is 63.3 Å². The van der Waals surface area contributed by atoms with Crippen LogP contribution >= 0.6 is 11.6 Å². The van der Waals surface area contributed by atoms with Gasteiger partial charge in [-0.25, -0.2) is 4.79 Å². The summed E-state index contributed by atoms with van der Waals surface area (Å²) in [5.41, 5.74) is 4.67. The third kappa shape index (κ3) is 5.79. The molecule has 0 spiro atoms. The summed E-state index contributed by atoms with van der Waals surface area (Å²) in [5.74, 6) is 0.214. The van der Waals surface area contributed by atoms with E-state index in [4.69, 9.17) is 25.6 Å². The van der Waals surface area contributed by atoms with Crippen LogP contribution in [-0.2, 0) is 14.3 Å². The lowest BCUT2D eigenvalue weighted by molar-refractivity contribution is -0.148. The van der Waals surface area contributed by atoms with Gasteiger partial charge in [-0.15, -0.1) is 0 Å². The highest BCUT2D eigenvalue weighted by Gasteiger charge is 2.24. The lowest BCUT2D eigenvalue weighted by atomic mass is 9.86. The molecule has 1 aliphatic rings. The zero-order valence-corrected chi connectivity index (χ0v) is 21.3. The third-order valence-corrected chi connectivity index (χ3v) is 6.59. The second kappa shape index (κ2) is 11.4. The molecule has 2 aromatic carbocycles. The standard InChI is InChI=1S/C28H29ClN2O5/c1-4-34-27(32)20-14-12-19(13-15-20)21-8-7-9-22(16-21)26-25(17(2)31-36-26)30-28(33)35-18(3)23-10-5-6-11-24(23)29/h5-12,16,18,20H,4,13-15H2,1-3H3,(H,30,33). The molecular formula is C28H29ClN2O5. The molecule has 2 atom stereocenters. The number of allylic oxidation sites excluding steroid dienone is 2. The Balaban J connectivity index is 1.49. The minimum atomic E-state index is -0.633. The highest BCUT2D eigenvalue weighted by atomic mass is 35.5. The summed E-state index contributed by atoms with van der Waals surface area (Å²) in [5, 5.41) is 7.36. The number of anilines is 1. The SMILES string of the molecule is CCOC(=O)C1CC=C(c2cccc(-c3onc(C)c3NC(=O)OC(C)c3ccccc3Cl)c2)CC1. The number of amides is 1. The Bertz CT molecular complexity index is 1280. The van der Waals surface area contributed by atoms with Crippen LogP contribution < -0.4 is 5.32 Å². The monoisotopic (exact) mass is 508 g/mol. The molecular weight excluding hydrogens is 480 g/mol. The molecule has 0 radical (unpaired) electrons. The number of hydrogen-bond acceptors (Lipinski definition) is 6. The molecule has 0 fully saturated rings. The lowest BCUT2D eigenvalue weighted by Crippen LogP contribution is -2.19. The molecule has 7 nitrogen and oxygen atoms in total. The van der Waals surface area contributed by atoms with E-state index in [0.29, 0.717) is 35.2 Å². The van der Waals surface area contributed by atoms with Crippen LogP contribution in [0.4, 0.5) is 10.5 Å². The van der Waals surface area contributed by atoms with Gasteiger partial charge in [0.05, 0.1) is 12.5 Å². The maximum absolute atomic E-state index is 12.7. The first-order valence-corrected chi connectivity index (χ1v) is 12.4. The van der Waals surface area contributed by atoms with Crippen LogP contribution in [0.3, 0.4) is 0 Å². The van der Waals surface area contributed by atoms with Crippen LogP contribution in [0.1, 0.15) is 56.0 Å². The minimum Gasteiger partial charge on any atom is -0.466 e. The van der Waals surface area contributed by atoms with Crippen molar-refractivity contribution in [3.8, 4) is 11.3 Å². The van der Waals surface area contributed by atoms with Crippen molar-refractivity contribution >= 4 is 34.9 Å². The van der Waals surface area contributed by atoms with Gasteiger partial charge in [0, 0.05) is 16.1 Å². The number of benzene rings is 2. The van der Waals surface area contributed by atoms with Crippen molar-refractivity contribution in [3.63, 3.8) is 0 Å². The largest absolute Gasteiger partial charge is 0.466 e. The van der Waals surface area contributed by atoms with Gasteiger partial charge in [0.1, 0.15) is 17.5 Å². The van der Waals surface area contributed by atoms with Crippen LogP contribution in [0.5, 0.6) is 0 Å². The first kappa shape index (κ1) is 25.5. The normalized spacial score (nSPS) is 16.1. The number of nitrogens with zero attached hydrogens (tertiary/aromatic N) is 1. The molecule has 0 bridgehead atoms. The zero-order valence-electron chi connectivity index (χ0n) is 20.5. The highest BCUT2D eigenvalue weighted by Crippen LogP contribution is 2.36. The number of aromatic nitrogens is 1. The number of carbonyl (C=O) groups is 2. The fourth-order valence-corrected chi connectivity index (χ4v) is 4.59. The molecule has 188 valence electrons. The van der Waals surface area contributed by atoms with E-state index >= 15 is 0 Å². The Morgan fingerprint density at radius 3 is 2.69 bits per heavy atom. The molecule has 0 aliphatic heterocycles. The number of halogens is 1. The van der Waals surface area contributed by atoms with E-state index in [9.17, 15) is 9.59 Å². The molecule has 4 rings (SSSR count). The van der Waals surface area contributed by atoms with Crippen LogP contribution in [0.25, 0.3) is 16.9 Å². The van der Waals surface area contributed by atoms with Gasteiger partial charge in [0.15, 0.2) is 5.76 Å². The molecule has 8 heteroatoms. The van der Waals surface area contributed by atoms with E-state index in [0.717, 1.165) is 35.1 Å². The van der Waals surface area contributed by atoms with Gasteiger partial charge in [-0.3, -0.25) is 10.1 Å². The van der Waals surface area contributed by atoms with Crippen LogP contribution in [-0.4, -0.2) is 23.8 Å². The fraction of sp³-hybridized carbons (Fsp3) is 0.321. The molecule has 2 unspecified atom stereocenters. The van der Waals surface area contributed by atoms with Crippen molar-refractivity contribution in [3.05, 3.63) is 76.5 Å². The summed E-state index contributed by atoms with van der Waals surface area (Å²) in [4.78, 5) is 24.7. The van der Waals surface area contributed by atoms with Gasteiger partial charge < -0.3 is 14.0 Å². The van der Waals surface area contributed by atoms with E-state index < -0.39 is 12.2 Å².